The summed E-state index contributed by atoms with van der Waals surface area (Å²) in [7, 11) is 0. The van der Waals surface area contributed by atoms with E-state index in [0.717, 1.165) is 35.0 Å². The van der Waals surface area contributed by atoms with E-state index in [1.165, 1.54) is 0 Å². The molecule has 19 heavy (non-hydrogen) atoms. The van der Waals surface area contributed by atoms with Crippen molar-refractivity contribution >= 4 is 11.6 Å². The Balaban J connectivity index is 2.56. The predicted octanol–water partition coefficient (Wildman–Crippen LogP) is 4.40. The van der Waals surface area contributed by atoms with E-state index in [1.807, 2.05) is 13.0 Å². The van der Waals surface area contributed by atoms with Crippen molar-refractivity contribution in [3.05, 3.63) is 28.3 Å². The second kappa shape index (κ2) is 7.76. The largest absolute Gasteiger partial charge is 0.492 e. The average molecular weight is 284 g/mol. The van der Waals surface area contributed by atoms with Crippen molar-refractivity contribution in [2.24, 2.45) is 5.92 Å². The highest BCUT2D eigenvalue weighted by molar-refractivity contribution is 6.31. The summed E-state index contributed by atoms with van der Waals surface area (Å²) in [6.07, 6.45) is 0. The van der Waals surface area contributed by atoms with Crippen molar-refractivity contribution in [2.45, 2.75) is 40.5 Å². The van der Waals surface area contributed by atoms with Gasteiger partial charge < -0.3 is 10.1 Å². The van der Waals surface area contributed by atoms with Crippen LogP contribution in [-0.4, -0.2) is 19.7 Å². The molecule has 1 aromatic rings. The van der Waals surface area contributed by atoms with E-state index < -0.39 is 0 Å². The third-order valence-electron chi connectivity index (χ3n) is 3.01. The van der Waals surface area contributed by atoms with Gasteiger partial charge in [0.2, 0.25) is 0 Å². The fourth-order valence-electron chi connectivity index (χ4n) is 1.89. The molecule has 0 atom stereocenters. The van der Waals surface area contributed by atoms with Gasteiger partial charge in [-0.05, 0) is 48.6 Å². The van der Waals surface area contributed by atoms with Crippen LogP contribution < -0.4 is 10.1 Å². The highest BCUT2D eigenvalue weighted by atomic mass is 35.5. The zero-order valence-corrected chi connectivity index (χ0v) is 13.5. The molecule has 1 rings (SSSR count). The van der Waals surface area contributed by atoms with Gasteiger partial charge in [-0.3, -0.25) is 0 Å². The van der Waals surface area contributed by atoms with Gasteiger partial charge in [0.1, 0.15) is 12.4 Å². The van der Waals surface area contributed by atoms with Crippen molar-refractivity contribution in [1.82, 2.24) is 5.32 Å². The number of benzene rings is 1. The topological polar surface area (TPSA) is 21.3 Å². The maximum atomic E-state index is 6.25. The smallest absolute Gasteiger partial charge is 0.122 e. The highest BCUT2D eigenvalue weighted by Crippen LogP contribution is 2.31. The van der Waals surface area contributed by atoms with E-state index in [0.29, 0.717) is 18.4 Å². The molecular weight excluding hydrogens is 258 g/mol. The maximum Gasteiger partial charge on any atom is 0.122 e. The van der Waals surface area contributed by atoms with Gasteiger partial charge in [-0.15, -0.1) is 0 Å². The maximum absolute atomic E-state index is 6.25. The minimum Gasteiger partial charge on any atom is -0.492 e. The van der Waals surface area contributed by atoms with Gasteiger partial charge in [-0.1, -0.05) is 39.3 Å². The molecule has 1 aromatic carbocycles. The van der Waals surface area contributed by atoms with Gasteiger partial charge in [-0.2, -0.15) is 0 Å². The van der Waals surface area contributed by atoms with Crippen LogP contribution in [0.4, 0.5) is 0 Å². The summed E-state index contributed by atoms with van der Waals surface area (Å²) >= 11 is 6.25. The first-order chi connectivity index (χ1) is 8.91. The van der Waals surface area contributed by atoms with Crippen LogP contribution in [0, 0.1) is 12.8 Å². The monoisotopic (exact) mass is 283 g/mol. The van der Waals surface area contributed by atoms with E-state index in [1.54, 1.807) is 0 Å². The minimum absolute atomic E-state index is 0.412. The van der Waals surface area contributed by atoms with Crippen LogP contribution in [0.3, 0.4) is 0 Å². The summed E-state index contributed by atoms with van der Waals surface area (Å²) in [4.78, 5) is 0. The van der Waals surface area contributed by atoms with Crippen LogP contribution in [0.25, 0.3) is 0 Å². The predicted molar refractivity (Wildman–Crippen MR) is 83.5 cm³/mol. The number of rotatable bonds is 7. The van der Waals surface area contributed by atoms with Crippen molar-refractivity contribution in [3.63, 3.8) is 0 Å². The summed E-state index contributed by atoms with van der Waals surface area (Å²) in [6, 6.07) is 4.07. The van der Waals surface area contributed by atoms with Crippen molar-refractivity contribution in [1.29, 1.82) is 0 Å². The van der Waals surface area contributed by atoms with Crippen LogP contribution in [0.1, 0.15) is 44.7 Å². The van der Waals surface area contributed by atoms with E-state index in [-0.39, 0.29) is 0 Å². The number of ether oxygens (including phenoxy) is 1. The summed E-state index contributed by atoms with van der Waals surface area (Å²) in [5.41, 5.74) is 2.25. The highest BCUT2D eigenvalue weighted by Gasteiger charge is 2.09. The molecule has 1 N–H and O–H groups in total. The molecular formula is C16H26ClNO. The first kappa shape index (κ1) is 16.3. The number of halogens is 1. The van der Waals surface area contributed by atoms with E-state index in [4.69, 9.17) is 16.3 Å². The zero-order valence-electron chi connectivity index (χ0n) is 12.7. The lowest BCUT2D eigenvalue weighted by atomic mass is 10.0. The van der Waals surface area contributed by atoms with Gasteiger partial charge >= 0.3 is 0 Å². The van der Waals surface area contributed by atoms with E-state index in [9.17, 15) is 0 Å². The molecule has 0 spiro atoms. The van der Waals surface area contributed by atoms with E-state index >= 15 is 0 Å². The lowest BCUT2D eigenvalue weighted by Crippen LogP contribution is -2.25. The molecule has 0 aliphatic rings. The molecule has 0 bridgehead atoms. The normalized spacial score (nSPS) is 11.4. The lowest BCUT2D eigenvalue weighted by Gasteiger charge is -2.15. The Hall–Kier alpha value is -0.730. The summed E-state index contributed by atoms with van der Waals surface area (Å²) in [5.74, 6) is 2.03. The van der Waals surface area contributed by atoms with Gasteiger partial charge in [0.15, 0.2) is 0 Å². The standard InChI is InChI=1S/C16H26ClNO/c1-11(2)10-18-6-7-19-16-9-14(12(3)4)15(17)8-13(16)5/h8-9,11-12,18H,6-7,10H2,1-5H3. The zero-order chi connectivity index (χ0) is 14.4. The number of nitrogens with one attached hydrogen (secondary N) is 1. The molecule has 0 aliphatic carbocycles. The lowest BCUT2D eigenvalue weighted by molar-refractivity contribution is 0.308. The molecule has 0 saturated carbocycles. The molecule has 0 amide bonds. The Bertz CT molecular complexity index is 402. The van der Waals surface area contributed by atoms with Gasteiger partial charge in [-0.25, -0.2) is 0 Å². The Morgan fingerprint density at radius 1 is 1.21 bits per heavy atom. The van der Waals surface area contributed by atoms with Gasteiger partial charge in [0, 0.05) is 11.6 Å². The minimum atomic E-state index is 0.412. The fraction of sp³-hybridized carbons (Fsp3) is 0.625. The summed E-state index contributed by atoms with van der Waals surface area (Å²) in [6.45, 7) is 13.3. The Morgan fingerprint density at radius 2 is 1.89 bits per heavy atom. The van der Waals surface area contributed by atoms with Crippen LogP contribution in [0.15, 0.2) is 12.1 Å². The van der Waals surface area contributed by atoms with Gasteiger partial charge in [0.05, 0.1) is 0 Å². The van der Waals surface area contributed by atoms with Crippen LogP contribution in [0.2, 0.25) is 5.02 Å². The molecule has 0 aliphatic heterocycles. The van der Waals surface area contributed by atoms with Crippen molar-refractivity contribution in [2.75, 3.05) is 19.7 Å². The van der Waals surface area contributed by atoms with Crippen molar-refractivity contribution < 1.29 is 4.74 Å². The van der Waals surface area contributed by atoms with Crippen molar-refractivity contribution in [3.8, 4) is 5.75 Å². The molecule has 0 fully saturated rings. The number of aryl methyl sites for hydroxylation is 1. The first-order valence-electron chi connectivity index (χ1n) is 7.05. The average Bonchev–Trinajstić information content (AvgIpc) is 2.30. The second-order valence-corrected chi connectivity index (χ2v) is 6.15. The molecule has 3 heteroatoms. The molecule has 0 unspecified atom stereocenters. The molecule has 0 heterocycles. The number of hydrogen-bond donors (Lipinski definition) is 1. The Kier molecular flexibility index (Phi) is 6.67. The van der Waals surface area contributed by atoms with Crippen LogP contribution >= 0.6 is 11.6 Å². The SMILES string of the molecule is Cc1cc(Cl)c(C(C)C)cc1OCCNCC(C)C. The molecule has 108 valence electrons. The van der Waals surface area contributed by atoms with Gasteiger partial charge in [0.25, 0.3) is 0 Å². The fourth-order valence-corrected chi connectivity index (χ4v) is 2.33. The Labute approximate surface area is 122 Å². The molecule has 2 nitrogen and oxygen atoms in total. The quantitative estimate of drug-likeness (QED) is 0.749. The van der Waals surface area contributed by atoms with Crippen LogP contribution in [-0.2, 0) is 0 Å². The first-order valence-corrected chi connectivity index (χ1v) is 7.43. The third kappa shape index (κ3) is 5.42. The van der Waals surface area contributed by atoms with Crippen LogP contribution in [0.5, 0.6) is 5.75 Å². The summed E-state index contributed by atoms with van der Waals surface area (Å²) in [5, 5.41) is 4.20. The summed E-state index contributed by atoms with van der Waals surface area (Å²) < 4.78 is 5.84. The molecule has 0 saturated heterocycles. The number of hydrogen-bond acceptors (Lipinski definition) is 2. The molecule has 0 aromatic heterocycles. The molecule has 0 radical (unpaired) electrons. The second-order valence-electron chi connectivity index (χ2n) is 5.74. The third-order valence-corrected chi connectivity index (χ3v) is 3.33. The van der Waals surface area contributed by atoms with E-state index in [2.05, 4.69) is 39.1 Å². The Morgan fingerprint density at radius 3 is 2.47 bits per heavy atom.